The van der Waals surface area contributed by atoms with Gasteiger partial charge in [-0.15, -0.1) is 0 Å². The summed E-state index contributed by atoms with van der Waals surface area (Å²) in [5, 5.41) is 3.40. The van der Waals surface area contributed by atoms with Gasteiger partial charge in [-0.1, -0.05) is 6.07 Å². The van der Waals surface area contributed by atoms with E-state index in [9.17, 15) is 4.79 Å². The van der Waals surface area contributed by atoms with Gasteiger partial charge in [-0.25, -0.2) is 0 Å². The van der Waals surface area contributed by atoms with E-state index in [4.69, 9.17) is 4.74 Å². The summed E-state index contributed by atoms with van der Waals surface area (Å²) in [6, 6.07) is 5.46. The zero-order valence-electron chi connectivity index (χ0n) is 9.40. The van der Waals surface area contributed by atoms with Crippen molar-refractivity contribution in [2.75, 3.05) is 20.2 Å². The molecule has 2 aliphatic heterocycles. The largest absolute Gasteiger partial charge is 0.371 e. The zero-order valence-corrected chi connectivity index (χ0v) is 9.40. The lowest BCUT2D eigenvalue weighted by Crippen LogP contribution is -2.55. The van der Waals surface area contributed by atoms with Gasteiger partial charge in [-0.3, -0.25) is 4.79 Å². The molecule has 1 aromatic heterocycles. The van der Waals surface area contributed by atoms with E-state index in [1.165, 1.54) is 0 Å². The van der Waals surface area contributed by atoms with Crippen LogP contribution in [0.4, 0.5) is 0 Å². The Balaban J connectivity index is 2.21. The molecular formula is C12H16N2O2. The summed E-state index contributed by atoms with van der Waals surface area (Å²) >= 11 is 0. The molecule has 0 amide bonds. The molecule has 1 saturated heterocycles. The van der Waals surface area contributed by atoms with Crippen molar-refractivity contribution in [2.24, 2.45) is 5.92 Å². The van der Waals surface area contributed by atoms with Crippen LogP contribution in [0.25, 0.3) is 0 Å². The minimum Gasteiger partial charge on any atom is -0.371 e. The van der Waals surface area contributed by atoms with Crippen molar-refractivity contribution in [3.63, 3.8) is 0 Å². The van der Waals surface area contributed by atoms with Crippen molar-refractivity contribution >= 4 is 0 Å². The molecule has 0 aromatic carbocycles. The standard InChI is InChI=1S/C12H16N2O2/c1-16-12-5-9(6-13-8-12)7-14-10(12)3-2-4-11(14)15/h2-4,9,13H,5-8H2,1H3. The molecule has 0 aliphatic carbocycles. The maximum Gasteiger partial charge on any atom is 0.250 e. The molecule has 4 heteroatoms. The van der Waals surface area contributed by atoms with Crippen LogP contribution < -0.4 is 10.9 Å². The van der Waals surface area contributed by atoms with E-state index >= 15 is 0 Å². The summed E-state index contributed by atoms with van der Waals surface area (Å²) in [6.45, 7) is 2.59. The number of methoxy groups -OCH3 is 1. The molecule has 0 saturated carbocycles. The molecule has 86 valence electrons. The second kappa shape index (κ2) is 3.43. The van der Waals surface area contributed by atoms with Gasteiger partial charge in [0.15, 0.2) is 0 Å². The number of ether oxygens (including phenoxy) is 1. The van der Waals surface area contributed by atoms with Crippen molar-refractivity contribution in [2.45, 2.75) is 18.6 Å². The van der Waals surface area contributed by atoms with Crippen LogP contribution in [0, 0.1) is 5.92 Å². The highest BCUT2D eigenvalue weighted by molar-refractivity contribution is 5.20. The lowest BCUT2D eigenvalue weighted by Gasteiger charge is -2.45. The van der Waals surface area contributed by atoms with Crippen molar-refractivity contribution in [1.82, 2.24) is 9.88 Å². The summed E-state index contributed by atoms with van der Waals surface area (Å²) < 4.78 is 7.58. The molecule has 3 heterocycles. The quantitative estimate of drug-likeness (QED) is 0.741. The molecule has 1 fully saturated rings. The van der Waals surface area contributed by atoms with Gasteiger partial charge in [0.25, 0.3) is 5.56 Å². The van der Waals surface area contributed by atoms with Gasteiger partial charge in [0.1, 0.15) is 5.60 Å². The molecule has 16 heavy (non-hydrogen) atoms. The Morgan fingerprint density at radius 3 is 3.25 bits per heavy atom. The number of nitrogens with zero attached hydrogens (tertiary/aromatic N) is 1. The Labute approximate surface area is 94.2 Å². The van der Waals surface area contributed by atoms with Gasteiger partial charge in [-0.05, 0) is 24.9 Å². The van der Waals surface area contributed by atoms with Crippen LogP contribution in [-0.4, -0.2) is 24.8 Å². The zero-order chi connectivity index (χ0) is 11.2. The van der Waals surface area contributed by atoms with Crippen molar-refractivity contribution in [3.8, 4) is 0 Å². The van der Waals surface area contributed by atoms with Crippen LogP contribution >= 0.6 is 0 Å². The molecular weight excluding hydrogens is 204 g/mol. The van der Waals surface area contributed by atoms with Gasteiger partial charge >= 0.3 is 0 Å². The van der Waals surface area contributed by atoms with Crippen LogP contribution in [0.5, 0.6) is 0 Å². The van der Waals surface area contributed by atoms with E-state index in [0.29, 0.717) is 5.92 Å². The lowest BCUT2D eigenvalue weighted by molar-refractivity contribution is -0.0708. The fourth-order valence-corrected chi connectivity index (χ4v) is 3.04. The number of pyridine rings is 1. The first-order valence-electron chi connectivity index (χ1n) is 5.71. The maximum absolute atomic E-state index is 11.8. The van der Waals surface area contributed by atoms with Crippen LogP contribution in [0.3, 0.4) is 0 Å². The number of rotatable bonds is 1. The third kappa shape index (κ3) is 1.26. The Hall–Kier alpha value is -1.13. The first-order chi connectivity index (χ1) is 7.75. The number of hydrogen-bond donors (Lipinski definition) is 1. The molecule has 3 rings (SSSR count). The Morgan fingerprint density at radius 2 is 2.44 bits per heavy atom. The second-order valence-corrected chi connectivity index (χ2v) is 4.76. The number of piperidine rings is 1. The van der Waals surface area contributed by atoms with Gasteiger partial charge in [0, 0.05) is 26.3 Å². The minimum atomic E-state index is -0.304. The highest BCUT2D eigenvalue weighted by Crippen LogP contribution is 2.38. The van der Waals surface area contributed by atoms with E-state index < -0.39 is 0 Å². The predicted octanol–water partition coefficient (Wildman–Crippen LogP) is 0.313. The molecule has 0 spiro atoms. The van der Waals surface area contributed by atoms with E-state index in [-0.39, 0.29) is 11.2 Å². The number of fused-ring (bicyclic) bond motifs is 4. The van der Waals surface area contributed by atoms with E-state index in [0.717, 1.165) is 31.7 Å². The molecule has 2 aliphatic rings. The Morgan fingerprint density at radius 1 is 1.56 bits per heavy atom. The number of nitrogens with one attached hydrogen (secondary N) is 1. The fraction of sp³-hybridized carbons (Fsp3) is 0.583. The topological polar surface area (TPSA) is 43.3 Å². The third-order valence-corrected chi connectivity index (χ3v) is 3.81. The molecule has 4 nitrogen and oxygen atoms in total. The SMILES string of the molecule is COC12CNCC(Cn3c1cccc3=O)C2. The van der Waals surface area contributed by atoms with E-state index in [1.54, 1.807) is 13.2 Å². The van der Waals surface area contributed by atoms with Crippen LogP contribution in [0.2, 0.25) is 0 Å². The summed E-state index contributed by atoms with van der Waals surface area (Å²) in [7, 11) is 1.73. The Kier molecular flexibility index (Phi) is 2.16. The second-order valence-electron chi connectivity index (χ2n) is 4.76. The van der Waals surface area contributed by atoms with E-state index in [2.05, 4.69) is 5.32 Å². The van der Waals surface area contributed by atoms with Gasteiger partial charge in [0.2, 0.25) is 0 Å². The van der Waals surface area contributed by atoms with Crippen molar-refractivity contribution in [1.29, 1.82) is 0 Å². The molecule has 2 unspecified atom stereocenters. The van der Waals surface area contributed by atoms with Gasteiger partial charge < -0.3 is 14.6 Å². The normalized spacial score (nSPS) is 32.2. The van der Waals surface area contributed by atoms with Crippen molar-refractivity contribution < 1.29 is 4.74 Å². The van der Waals surface area contributed by atoms with Crippen molar-refractivity contribution in [3.05, 3.63) is 34.2 Å². The predicted molar refractivity (Wildman–Crippen MR) is 60.4 cm³/mol. The molecule has 0 radical (unpaired) electrons. The first kappa shape index (κ1) is 10.1. The van der Waals surface area contributed by atoms with Gasteiger partial charge in [-0.2, -0.15) is 0 Å². The maximum atomic E-state index is 11.8. The molecule has 1 N–H and O–H groups in total. The smallest absolute Gasteiger partial charge is 0.250 e. The van der Waals surface area contributed by atoms with Gasteiger partial charge in [0.05, 0.1) is 5.69 Å². The average molecular weight is 220 g/mol. The molecule has 2 atom stereocenters. The number of hydrogen-bond acceptors (Lipinski definition) is 3. The monoisotopic (exact) mass is 220 g/mol. The van der Waals surface area contributed by atoms with Crippen LogP contribution in [0.1, 0.15) is 12.1 Å². The highest BCUT2D eigenvalue weighted by Gasteiger charge is 2.43. The molecule has 1 aromatic rings. The van der Waals surface area contributed by atoms with E-state index in [1.807, 2.05) is 16.7 Å². The third-order valence-electron chi connectivity index (χ3n) is 3.81. The van der Waals surface area contributed by atoms with Crippen LogP contribution in [-0.2, 0) is 16.9 Å². The first-order valence-corrected chi connectivity index (χ1v) is 5.71. The van der Waals surface area contributed by atoms with Crippen LogP contribution in [0.15, 0.2) is 23.0 Å². The summed E-state index contributed by atoms with van der Waals surface area (Å²) in [5.74, 6) is 0.501. The highest BCUT2D eigenvalue weighted by atomic mass is 16.5. The summed E-state index contributed by atoms with van der Waals surface area (Å²) in [6.07, 6.45) is 1.01. The fourth-order valence-electron chi connectivity index (χ4n) is 3.04. The minimum absolute atomic E-state index is 0.0884. The average Bonchev–Trinajstić information content (AvgIpc) is 2.31. The summed E-state index contributed by atoms with van der Waals surface area (Å²) in [4.78, 5) is 11.8. The summed E-state index contributed by atoms with van der Waals surface area (Å²) in [5.41, 5.74) is 0.804. The number of aromatic nitrogens is 1. The molecule has 2 bridgehead atoms. The lowest BCUT2D eigenvalue weighted by atomic mass is 9.80. The Bertz CT molecular complexity index is 468.